The molecule has 2 aliphatic heterocycles. The van der Waals surface area contributed by atoms with Crippen LogP contribution >= 0.6 is 0 Å². The molecular formula is C19H34N2O2. The van der Waals surface area contributed by atoms with Gasteiger partial charge in [0, 0.05) is 39.8 Å². The predicted octanol–water partition coefficient (Wildman–Crippen LogP) is 3.31. The zero-order chi connectivity index (χ0) is 16.5. The maximum absolute atomic E-state index is 6.06. The summed E-state index contributed by atoms with van der Waals surface area (Å²) in [7, 11) is 1.78. The molecule has 4 heteroatoms. The van der Waals surface area contributed by atoms with Crippen LogP contribution in [0, 0.1) is 5.92 Å². The molecule has 1 atom stereocenters. The maximum Gasteiger partial charge on any atom is 0.119 e. The summed E-state index contributed by atoms with van der Waals surface area (Å²) in [4.78, 5) is 2.52. The highest BCUT2D eigenvalue weighted by atomic mass is 16.5. The molecule has 4 nitrogen and oxygen atoms in total. The first-order valence-corrected chi connectivity index (χ1v) is 9.27. The van der Waals surface area contributed by atoms with E-state index in [9.17, 15) is 0 Å². The minimum absolute atomic E-state index is 0.604. The van der Waals surface area contributed by atoms with E-state index in [-0.39, 0.29) is 0 Å². The molecule has 0 aromatic rings. The summed E-state index contributed by atoms with van der Waals surface area (Å²) in [6.45, 7) is 10.6. The normalized spacial score (nSPS) is 25.3. The molecule has 1 saturated heterocycles. The zero-order valence-corrected chi connectivity index (χ0v) is 15.2. The van der Waals surface area contributed by atoms with Crippen molar-refractivity contribution in [3.8, 4) is 0 Å². The Morgan fingerprint density at radius 3 is 3.04 bits per heavy atom. The van der Waals surface area contributed by atoms with Crippen LogP contribution in [0.3, 0.4) is 0 Å². The van der Waals surface area contributed by atoms with Crippen LogP contribution in [-0.2, 0) is 9.47 Å². The molecule has 0 aromatic heterocycles. The number of methoxy groups -OCH3 is 1. The van der Waals surface area contributed by atoms with E-state index in [0.717, 1.165) is 64.4 Å². The molecule has 0 aromatic carbocycles. The number of rotatable bonds is 6. The van der Waals surface area contributed by atoms with E-state index < -0.39 is 0 Å². The van der Waals surface area contributed by atoms with E-state index in [2.05, 4.69) is 30.1 Å². The fourth-order valence-electron chi connectivity index (χ4n) is 3.41. The lowest BCUT2D eigenvalue weighted by Gasteiger charge is -2.26. The highest BCUT2D eigenvalue weighted by Gasteiger charge is 2.20. The van der Waals surface area contributed by atoms with E-state index in [1.54, 1.807) is 12.7 Å². The summed E-state index contributed by atoms with van der Waals surface area (Å²) in [5.74, 6) is 1.77. The number of ether oxygens (including phenoxy) is 2. The summed E-state index contributed by atoms with van der Waals surface area (Å²) in [6, 6.07) is 0. The second kappa shape index (κ2) is 9.99. The summed E-state index contributed by atoms with van der Waals surface area (Å²) >= 11 is 0. The average molecular weight is 322 g/mol. The number of nitrogens with zero attached hydrogens (tertiary/aromatic N) is 1. The predicted molar refractivity (Wildman–Crippen MR) is 95.3 cm³/mol. The summed E-state index contributed by atoms with van der Waals surface area (Å²) in [5, 5.41) is 3.54. The van der Waals surface area contributed by atoms with E-state index in [1.807, 2.05) is 0 Å². The molecule has 23 heavy (non-hydrogen) atoms. The number of nitrogens with one attached hydrogen (secondary N) is 1. The van der Waals surface area contributed by atoms with Crippen molar-refractivity contribution in [1.29, 1.82) is 0 Å². The maximum atomic E-state index is 6.06. The van der Waals surface area contributed by atoms with Crippen LogP contribution in [0.4, 0.5) is 0 Å². The van der Waals surface area contributed by atoms with Gasteiger partial charge in [-0.25, -0.2) is 0 Å². The molecule has 2 rings (SSSR count). The third kappa shape index (κ3) is 5.54. The monoisotopic (exact) mass is 322 g/mol. The Morgan fingerprint density at radius 2 is 2.26 bits per heavy atom. The van der Waals surface area contributed by atoms with Gasteiger partial charge in [-0.2, -0.15) is 0 Å². The van der Waals surface area contributed by atoms with Crippen LogP contribution in [0.15, 0.2) is 23.1 Å². The fraction of sp³-hybridized carbons (Fsp3) is 0.789. The van der Waals surface area contributed by atoms with Gasteiger partial charge in [-0.05, 0) is 44.2 Å². The van der Waals surface area contributed by atoms with Gasteiger partial charge in [-0.3, -0.25) is 0 Å². The van der Waals surface area contributed by atoms with Crippen molar-refractivity contribution in [3.63, 3.8) is 0 Å². The van der Waals surface area contributed by atoms with Crippen molar-refractivity contribution in [2.24, 2.45) is 5.92 Å². The highest BCUT2D eigenvalue weighted by Crippen LogP contribution is 2.26. The molecule has 2 heterocycles. The van der Waals surface area contributed by atoms with Crippen LogP contribution in [0.2, 0.25) is 0 Å². The van der Waals surface area contributed by atoms with Crippen molar-refractivity contribution in [2.45, 2.75) is 46.0 Å². The van der Waals surface area contributed by atoms with Crippen LogP contribution in [0.25, 0.3) is 0 Å². The highest BCUT2D eigenvalue weighted by molar-refractivity contribution is 5.28. The first-order chi connectivity index (χ1) is 11.3. The molecule has 1 fully saturated rings. The number of allylic oxidation sites excluding steroid dienone is 2. The van der Waals surface area contributed by atoms with Gasteiger partial charge >= 0.3 is 0 Å². The molecule has 0 radical (unpaired) electrons. The molecule has 0 spiro atoms. The standard InChI is InChI=1S/C19H34N2O2/c1-4-19-18(14-17-8-5-9-20-15-16(17)2)21(10-6-12-22-3)11-7-13-23-19/h14,16,20H,4-13,15H2,1-3H3/b17-14+. The summed E-state index contributed by atoms with van der Waals surface area (Å²) in [5.41, 5.74) is 2.89. The van der Waals surface area contributed by atoms with Gasteiger partial charge in [0.15, 0.2) is 0 Å². The Balaban J connectivity index is 2.22. The Bertz CT molecular complexity index is 418. The van der Waals surface area contributed by atoms with Gasteiger partial charge < -0.3 is 19.7 Å². The summed E-state index contributed by atoms with van der Waals surface area (Å²) < 4.78 is 11.3. The van der Waals surface area contributed by atoms with Crippen molar-refractivity contribution in [2.75, 3.05) is 46.5 Å². The van der Waals surface area contributed by atoms with Crippen LogP contribution < -0.4 is 5.32 Å². The molecule has 0 amide bonds. The van der Waals surface area contributed by atoms with Crippen molar-refractivity contribution in [1.82, 2.24) is 10.2 Å². The topological polar surface area (TPSA) is 33.7 Å². The lowest BCUT2D eigenvalue weighted by Crippen LogP contribution is -2.26. The second-order valence-electron chi connectivity index (χ2n) is 6.63. The quantitative estimate of drug-likeness (QED) is 0.761. The molecule has 0 saturated carbocycles. The second-order valence-corrected chi connectivity index (χ2v) is 6.63. The molecule has 1 unspecified atom stereocenters. The van der Waals surface area contributed by atoms with Gasteiger partial charge in [0.1, 0.15) is 5.76 Å². The van der Waals surface area contributed by atoms with Gasteiger partial charge in [-0.1, -0.05) is 19.4 Å². The smallest absolute Gasteiger partial charge is 0.119 e. The van der Waals surface area contributed by atoms with Crippen LogP contribution in [-0.4, -0.2) is 51.4 Å². The first kappa shape index (κ1) is 18.3. The van der Waals surface area contributed by atoms with Crippen molar-refractivity contribution in [3.05, 3.63) is 23.1 Å². The van der Waals surface area contributed by atoms with E-state index in [1.165, 1.54) is 18.5 Å². The van der Waals surface area contributed by atoms with Gasteiger partial charge in [0.2, 0.25) is 0 Å². The third-order valence-electron chi connectivity index (χ3n) is 4.80. The Labute approximate surface area is 141 Å². The molecule has 2 aliphatic rings. The Morgan fingerprint density at radius 1 is 1.39 bits per heavy atom. The zero-order valence-electron chi connectivity index (χ0n) is 15.2. The van der Waals surface area contributed by atoms with E-state index in [0.29, 0.717) is 5.92 Å². The minimum atomic E-state index is 0.604. The van der Waals surface area contributed by atoms with Gasteiger partial charge in [-0.15, -0.1) is 0 Å². The minimum Gasteiger partial charge on any atom is -0.496 e. The fourth-order valence-corrected chi connectivity index (χ4v) is 3.41. The van der Waals surface area contributed by atoms with E-state index in [4.69, 9.17) is 9.47 Å². The lowest BCUT2D eigenvalue weighted by molar-refractivity contribution is 0.181. The molecular weight excluding hydrogens is 288 g/mol. The molecule has 132 valence electrons. The first-order valence-electron chi connectivity index (χ1n) is 9.27. The Hall–Kier alpha value is -1.00. The van der Waals surface area contributed by atoms with Crippen LogP contribution in [0.5, 0.6) is 0 Å². The number of hydrogen-bond acceptors (Lipinski definition) is 4. The van der Waals surface area contributed by atoms with Gasteiger partial charge in [0.25, 0.3) is 0 Å². The third-order valence-corrected chi connectivity index (χ3v) is 4.80. The Kier molecular flexibility index (Phi) is 7.96. The average Bonchev–Trinajstić information content (AvgIpc) is 2.87. The summed E-state index contributed by atoms with van der Waals surface area (Å²) in [6.07, 6.45) is 7.99. The SMILES string of the molecule is CCC1=C(/C=C2\CCCNCC2C)N(CCCOC)CCCO1. The van der Waals surface area contributed by atoms with Crippen molar-refractivity contribution >= 4 is 0 Å². The molecule has 1 N–H and O–H groups in total. The van der Waals surface area contributed by atoms with E-state index >= 15 is 0 Å². The molecule has 0 bridgehead atoms. The molecule has 0 aliphatic carbocycles. The van der Waals surface area contributed by atoms with Crippen LogP contribution in [0.1, 0.15) is 46.0 Å². The number of hydrogen-bond donors (Lipinski definition) is 1. The largest absolute Gasteiger partial charge is 0.496 e. The van der Waals surface area contributed by atoms with Crippen molar-refractivity contribution < 1.29 is 9.47 Å². The van der Waals surface area contributed by atoms with Gasteiger partial charge in [0.05, 0.1) is 12.3 Å². The lowest BCUT2D eigenvalue weighted by atomic mass is 9.96.